The van der Waals surface area contributed by atoms with Gasteiger partial charge < -0.3 is 5.32 Å². The summed E-state index contributed by atoms with van der Waals surface area (Å²) in [6.45, 7) is 2.39. The number of hydrogen-bond donors (Lipinski definition) is 2. The number of hydroxylamine groups is 1. The monoisotopic (exact) mass is 201 g/mol. The van der Waals surface area contributed by atoms with E-state index < -0.39 is 0 Å². The second-order valence-electron chi connectivity index (χ2n) is 2.35. The minimum atomic E-state index is -0.365. The Bertz CT molecular complexity index is 287. The van der Waals surface area contributed by atoms with Gasteiger partial charge >= 0.3 is 6.03 Å². The number of amides is 2. The predicted molar refractivity (Wildman–Crippen MR) is 49.2 cm³/mol. The van der Waals surface area contributed by atoms with Crippen LogP contribution >= 0.6 is 11.3 Å². The number of carbonyl (C=O) groups is 1. The van der Waals surface area contributed by atoms with Crippen LogP contribution in [0, 0.1) is 6.92 Å². The fourth-order valence-electron chi connectivity index (χ4n) is 0.768. The Hall–Kier alpha value is -1.14. The van der Waals surface area contributed by atoms with Crippen molar-refractivity contribution in [3.05, 3.63) is 16.1 Å². The Kier molecular flexibility index (Phi) is 3.66. The predicted octanol–water partition coefficient (Wildman–Crippen LogP) is 0.812. The molecule has 0 aliphatic carbocycles. The molecule has 13 heavy (non-hydrogen) atoms. The maximum Gasteiger partial charge on any atom is 0.339 e. The highest BCUT2D eigenvalue weighted by molar-refractivity contribution is 7.11. The first-order valence-corrected chi connectivity index (χ1v) is 4.52. The van der Waals surface area contributed by atoms with Gasteiger partial charge in [-0.2, -0.15) is 0 Å². The van der Waals surface area contributed by atoms with Crippen LogP contribution in [0.1, 0.15) is 9.88 Å². The van der Waals surface area contributed by atoms with E-state index in [2.05, 4.69) is 20.6 Å². The summed E-state index contributed by atoms with van der Waals surface area (Å²) in [5.41, 5.74) is 2.15. The van der Waals surface area contributed by atoms with Crippen LogP contribution in [0.15, 0.2) is 6.20 Å². The minimum Gasteiger partial charge on any atom is -0.330 e. The molecule has 0 bridgehead atoms. The largest absolute Gasteiger partial charge is 0.339 e. The van der Waals surface area contributed by atoms with Crippen molar-refractivity contribution < 1.29 is 9.63 Å². The number of nitrogens with zero attached hydrogens (tertiary/aromatic N) is 1. The molecule has 0 aromatic carbocycles. The van der Waals surface area contributed by atoms with Crippen LogP contribution in [-0.4, -0.2) is 18.1 Å². The van der Waals surface area contributed by atoms with Crippen LogP contribution in [-0.2, 0) is 11.4 Å². The number of thiazole rings is 1. The molecule has 1 aromatic heterocycles. The Morgan fingerprint density at radius 3 is 3.08 bits per heavy atom. The lowest BCUT2D eigenvalue weighted by molar-refractivity contribution is 0.107. The van der Waals surface area contributed by atoms with E-state index >= 15 is 0 Å². The number of nitrogens with one attached hydrogen (secondary N) is 2. The molecular weight excluding hydrogens is 190 g/mol. The lowest BCUT2D eigenvalue weighted by Gasteiger charge is -2.02. The molecule has 0 saturated carbocycles. The summed E-state index contributed by atoms with van der Waals surface area (Å²) in [6, 6.07) is -0.365. The van der Waals surface area contributed by atoms with Crippen LogP contribution in [0.25, 0.3) is 0 Å². The van der Waals surface area contributed by atoms with Crippen molar-refractivity contribution in [2.24, 2.45) is 0 Å². The van der Waals surface area contributed by atoms with Gasteiger partial charge in [-0.05, 0) is 6.92 Å². The second kappa shape index (κ2) is 4.78. The summed E-state index contributed by atoms with van der Waals surface area (Å²) in [6.07, 6.45) is 1.77. The first-order chi connectivity index (χ1) is 6.22. The molecule has 0 saturated heterocycles. The summed E-state index contributed by atoms with van der Waals surface area (Å²) in [7, 11) is 1.38. The van der Waals surface area contributed by atoms with Crippen LogP contribution in [0.5, 0.6) is 0 Å². The normalized spacial score (nSPS) is 9.69. The lowest BCUT2D eigenvalue weighted by atomic mass is 10.6. The van der Waals surface area contributed by atoms with Crippen molar-refractivity contribution in [1.29, 1.82) is 0 Å². The van der Waals surface area contributed by atoms with Crippen molar-refractivity contribution in [3.8, 4) is 0 Å². The van der Waals surface area contributed by atoms with Gasteiger partial charge in [-0.3, -0.25) is 4.84 Å². The fourth-order valence-corrected chi connectivity index (χ4v) is 1.49. The fraction of sp³-hybridized carbons (Fsp3) is 0.429. The van der Waals surface area contributed by atoms with Gasteiger partial charge in [0.25, 0.3) is 0 Å². The van der Waals surface area contributed by atoms with Gasteiger partial charge in [0.1, 0.15) is 5.01 Å². The average Bonchev–Trinajstić information content (AvgIpc) is 2.49. The molecule has 0 aliphatic heterocycles. The Morgan fingerprint density at radius 1 is 1.77 bits per heavy atom. The number of urea groups is 1. The molecule has 0 unspecified atom stereocenters. The Balaban J connectivity index is 2.30. The van der Waals surface area contributed by atoms with Gasteiger partial charge in [-0.15, -0.1) is 11.3 Å². The molecule has 0 fully saturated rings. The lowest BCUT2D eigenvalue weighted by Crippen LogP contribution is -2.34. The highest BCUT2D eigenvalue weighted by Crippen LogP contribution is 2.09. The third-order valence-corrected chi connectivity index (χ3v) is 2.18. The standard InChI is InChI=1S/C7H11N3O2S/c1-5-3-8-6(13-5)4-9-7(11)10-12-2/h3H,4H2,1-2H3,(H2,9,10,11). The molecule has 72 valence electrons. The maximum absolute atomic E-state index is 10.9. The third kappa shape index (κ3) is 3.39. The SMILES string of the molecule is CONC(=O)NCc1ncc(C)s1. The molecule has 0 radical (unpaired) electrons. The van der Waals surface area contributed by atoms with E-state index in [9.17, 15) is 4.79 Å². The molecular formula is C7H11N3O2S. The molecule has 1 heterocycles. The summed E-state index contributed by atoms with van der Waals surface area (Å²) in [5.74, 6) is 0. The molecule has 2 amide bonds. The summed E-state index contributed by atoms with van der Waals surface area (Å²) < 4.78 is 0. The van der Waals surface area contributed by atoms with Gasteiger partial charge in [0.05, 0.1) is 13.7 Å². The zero-order valence-electron chi connectivity index (χ0n) is 7.46. The molecule has 0 spiro atoms. The van der Waals surface area contributed by atoms with E-state index in [1.54, 1.807) is 17.5 Å². The zero-order chi connectivity index (χ0) is 9.68. The van der Waals surface area contributed by atoms with Crippen LogP contribution < -0.4 is 10.8 Å². The molecule has 1 aromatic rings. The van der Waals surface area contributed by atoms with Crippen molar-refractivity contribution in [2.75, 3.05) is 7.11 Å². The van der Waals surface area contributed by atoms with Gasteiger partial charge in [-0.1, -0.05) is 0 Å². The van der Waals surface area contributed by atoms with Gasteiger partial charge in [-0.25, -0.2) is 15.3 Å². The Morgan fingerprint density at radius 2 is 2.54 bits per heavy atom. The van der Waals surface area contributed by atoms with Crippen LogP contribution in [0.3, 0.4) is 0 Å². The molecule has 2 N–H and O–H groups in total. The zero-order valence-corrected chi connectivity index (χ0v) is 8.27. The third-order valence-electron chi connectivity index (χ3n) is 1.26. The molecule has 0 atom stereocenters. The van der Waals surface area contributed by atoms with Crippen molar-refractivity contribution >= 4 is 17.4 Å². The topological polar surface area (TPSA) is 63.2 Å². The minimum absolute atomic E-state index is 0.365. The van der Waals surface area contributed by atoms with E-state index in [4.69, 9.17) is 0 Å². The summed E-state index contributed by atoms with van der Waals surface area (Å²) >= 11 is 1.55. The highest BCUT2D eigenvalue weighted by Gasteiger charge is 2.01. The summed E-state index contributed by atoms with van der Waals surface area (Å²) in [4.78, 5) is 20.5. The van der Waals surface area contributed by atoms with E-state index in [1.165, 1.54) is 7.11 Å². The number of aryl methyl sites for hydroxylation is 1. The first kappa shape index (κ1) is 9.94. The summed E-state index contributed by atoms with van der Waals surface area (Å²) in [5, 5.41) is 3.46. The van der Waals surface area contributed by atoms with Crippen molar-refractivity contribution in [3.63, 3.8) is 0 Å². The number of rotatable bonds is 3. The second-order valence-corrected chi connectivity index (χ2v) is 3.67. The van der Waals surface area contributed by atoms with Crippen molar-refractivity contribution in [2.45, 2.75) is 13.5 Å². The van der Waals surface area contributed by atoms with Crippen LogP contribution in [0.4, 0.5) is 4.79 Å². The van der Waals surface area contributed by atoms with Crippen molar-refractivity contribution in [1.82, 2.24) is 15.8 Å². The molecule has 1 rings (SSSR count). The van der Waals surface area contributed by atoms with E-state index in [0.29, 0.717) is 6.54 Å². The number of carbonyl (C=O) groups excluding carboxylic acids is 1. The Labute approximate surface area is 80.1 Å². The van der Waals surface area contributed by atoms with Gasteiger partial charge in [0, 0.05) is 11.1 Å². The first-order valence-electron chi connectivity index (χ1n) is 3.70. The van der Waals surface area contributed by atoms with Crippen LogP contribution in [0.2, 0.25) is 0 Å². The maximum atomic E-state index is 10.9. The smallest absolute Gasteiger partial charge is 0.330 e. The molecule has 6 heteroatoms. The van der Waals surface area contributed by atoms with Gasteiger partial charge in [0.2, 0.25) is 0 Å². The van der Waals surface area contributed by atoms with E-state index in [0.717, 1.165) is 9.88 Å². The number of aromatic nitrogens is 1. The van der Waals surface area contributed by atoms with E-state index in [-0.39, 0.29) is 6.03 Å². The molecule has 0 aliphatic rings. The van der Waals surface area contributed by atoms with Gasteiger partial charge in [0.15, 0.2) is 0 Å². The quantitative estimate of drug-likeness (QED) is 0.711. The highest BCUT2D eigenvalue weighted by atomic mass is 32.1. The average molecular weight is 201 g/mol. The number of hydrogen-bond acceptors (Lipinski definition) is 4. The molecule has 5 nitrogen and oxygen atoms in total. The van der Waals surface area contributed by atoms with E-state index in [1.807, 2.05) is 6.92 Å².